The van der Waals surface area contributed by atoms with Crippen LogP contribution in [0.25, 0.3) is 0 Å². The van der Waals surface area contributed by atoms with Gasteiger partial charge in [0.2, 0.25) is 5.91 Å². The number of amides is 2. The zero-order chi connectivity index (χ0) is 31.9. The van der Waals surface area contributed by atoms with Crippen LogP contribution in [0.5, 0.6) is 0 Å². The summed E-state index contributed by atoms with van der Waals surface area (Å²) in [7, 11) is 0. The molecule has 3 saturated heterocycles. The van der Waals surface area contributed by atoms with Crippen molar-refractivity contribution in [1.29, 1.82) is 0 Å². The van der Waals surface area contributed by atoms with Gasteiger partial charge in [0, 0.05) is 57.2 Å². The molecule has 5 rings (SSSR count). The van der Waals surface area contributed by atoms with Gasteiger partial charge in [-0.25, -0.2) is 4.79 Å². The Kier molecular flexibility index (Phi) is 11.9. The van der Waals surface area contributed by atoms with Gasteiger partial charge >= 0.3 is 6.09 Å². The van der Waals surface area contributed by atoms with E-state index in [1.807, 2.05) is 11.8 Å². The first kappa shape index (κ1) is 34.2. The van der Waals surface area contributed by atoms with E-state index in [4.69, 9.17) is 14.2 Å². The van der Waals surface area contributed by atoms with Crippen LogP contribution in [0.1, 0.15) is 111 Å². The predicted molar refractivity (Wildman–Crippen MR) is 178 cm³/mol. The molecule has 8 heteroatoms. The second-order valence-electron chi connectivity index (χ2n) is 15.2. The van der Waals surface area contributed by atoms with Gasteiger partial charge < -0.3 is 24.4 Å². The molecular weight excluding hydrogens is 566 g/mol. The van der Waals surface area contributed by atoms with Crippen LogP contribution in [0.3, 0.4) is 0 Å². The molecule has 2 aliphatic carbocycles. The van der Waals surface area contributed by atoms with Gasteiger partial charge in [-0.3, -0.25) is 9.69 Å². The van der Waals surface area contributed by atoms with Crippen molar-refractivity contribution in [1.82, 2.24) is 15.1 Å². The van der Waals surface area contributed by atoms with E-state index in [2.05, 4.69) is 49.2 Å². The molecule has 0 aromatic rings. The molecule has 0 bridgehead atoms. The second-order valence-corrected chi connectivity index (χ2v) is 15.2. The van der Waals surface area contributed by atoms with Crippen molar-refractivity contribution in [3.8, 4) is 0 Å². The number of nitrogens with one attached hydrogen (secondary N) is 1. The smallest absolute Gasteiger partial charge is 0.410 e. The SMILES string of the molecule is CC(/C=C/[C@@H]1C[C@]2(CO2)CC(C)(C)O1)=C\CC1CCC(NC(=O)/C=C\[C@H](C)OC(=O)N2CCN(C3CCCCCC3)CC2)CC1. The summed E-state index contributed by atoms with van der Waals surface area (Å²) in [6, 6.07) is 0.880. The molecule has 0 aromatic carbocycles. The lowest BCUT2D eigenvalue weighted by molar-refractivity contribution is -0.117. The fourth-order valence-electron chi connectivity index (χ4n) is 8.00. The third-order valence-electron chi connectivity index (χ3n) is 10.6. The van der Waals surface area contributed by atoms with E-state index in [0.29, 0.717) is 25.0 Å². The van der Waals surface area contributed by atoms with Gasteiger partial charge in [0.15, 0.2) is 0 Å². The fourth-order valence-corrected chi connectivity index (χ4v) is 8.00. The number of rotatable bonds is 9. The molecule has 0 unspecified atom stereocenters. The Morgan fingerprint density at radius 1 is 0.978 bits per heavy atom. The van der Waals surface area contributed by atoms with Gasteiger partial charge in [0.05, 0.1) is 23.9 Å². The number of carbonyl (C=O) groups excluding carboxylic acids is 2. The largest absolute Gasteiger partial charge is 0.442 e. The van der Waals surface area contributed by atoms with Crippen LogP contribution in [-0.4, -0.2) is 90.1 Å². The van der Waals surface area contributed by atoms with E-state index in [-0.39, 0.29) is 35.3 Å². The summed E-state index contributed by atoms with van der Waals surface area (Å²) >= 11 is 0. The van der Waals surface area contributed by atoms with Crippen molar-refractivity contribution in [2.45, 2.75) is 147 Å². The van der Waals surface area contributed by atoms with Gasteiger partial charge in [0.25, 0.3) is 0 Å². The highest BCUT2D eigenvalue weighted by atomic mass is 16.6. The van der Waals surface area contributed by atoms with Crippen LogP contribution < -0.4 is 5.32 Å². The third kappa shape index (κ3) is 10.7. The van der Waals surface area contributed by atoms with Gasteiger partial charge in [-0.2, -0.15) is 0 Å². The van der Waals surface area contributed by atoms with E-state index in [1.165, 1.54) is 50.2 Å². The highest BCUT2D eigenvalue weighted by Gasteiger charge is 2.53. The summed E-state index contributed by atoms with van der Waals surface area (Å²) in [5.41, 5.74) is 1.19. The molecule has 1 spiro atoms. The van der Waals surface area contributed by atoms with Crippen molar-refractivity contribution in [3.63, 3.8) is 0 Å². The molecular formula is C37H59N3O5. The summed E-state index contributed by atoms with van der Waals surface area (Å²) in [5, 5.41) is 3.16. The Labute approximate surface area is 272 Å². The molecule has 3 heterocycles. The molecule has 1 N–H and O–H groups in total. The van der Waals surface area contributed by atoms with E-state index in [9.17, 15) is 9.59 Å². The standard InChI is InChI=1S/C37H59N3O5/c1-28(12-19-33-25-37(27-43-37)26-36(3,4)45-33)11-14-30-15-17-31(18-16-30)38-34(41)20-13-29(2)44-35(42)40-23-21-39(22-24-40)32-9-7-5-6-8-10-32/h11-13,19-20,29-33H,5-10,14-18,21-27H2,1-4H3,(H,38,41)/b19-12+,20-13-,28-11+/t29-,30?,31?,33+,37+/m0/s1. The highest BCUT2D eigenvalue weighted by Crippen LogP contribution is 2.46. The molecule has 3 atom stereocenters. The van der Waals surface area contributed by atoms with Gasteiger partial charge in [-0.1, -0.05) is 49.5 Å². The molecule has 0 aromatic heterocycles. The number of ether oxygens (including phenoxy) is 3. The van der Waals surface area contributed by atoms with Crippen LogP contribution in [0.4, 0.5) is 4.79 Å². The predicted octanol–water partition coefficient (Wildman–Crippen LogP) is 6.70. The first-order valence-electron chi connectivity index (χ1n) is 17.9. The number of hydrogen-bond acceptors (Lipinski definition) is 6. The molecule has 3 aliphatic heterocycles. The average molecular weight is 626 g/mol. The van der Waals surface area contributed by atoms with Gasteiger partial charge in [-0.15, -0.1) is 0 Å². The van der Waals surface area contributed by atoms with E-state index in [0.717, 1.165) is 64.6 Å². The molecule has 252 valence electrons. The Bertz CT molecular complexity index is 1070. The van der Waals surface area contributed by atoms with E-state index in [1.54, 1.807) is 6.08 Å². The summed E-state index contributed by atoms with van der Waals surface area (Å²) in [4.78, 5) is 29.7. The summed E-state index contributed by atoms with van der Waals surface area (Å²) in [5.74, 6) is 0.546. The quantitative estimate of drug-likeness (QED) is 0.133. The van der Waals surface area contributed by atoms with Crippen LogP contribution >= 0.6 is 0 Å². The van der Waals surface area contributed by atoms with Crippen molar-refractivity contribution in [2.24, 2.45) is 5.92 Å². The lowest BCUT2D eigenvalue weighted by Crippen LogP contribution is -2.52. The molecule has 5 fully saturated rings. The van der Waals surface area contributed by atoms with E-state index >= 15 is 0 Å². The molecule has 45 heavy (non-hydrogen) atoms. The third-order valence-corrected chi connectivity index (χ3v) is 10.6. The van der Waals surface area contributed by atoms with Crippen LogP contribution in [0.15, 0.2) is 36.0 Å². The summed E-state index contributed by atoms with van der Waals surface area (Å²) in [6.07, 6.45) is 24.5. The number of hydrogen-bond donors (Lipinski definition) is 1. The zero-order valence-corrected chi connectivity index (χ0v) is 28.4. The molecule has 5 aliphatic rings. The Balaban J connectivity index is 0.948. The first-order chi connectivity index (χ1) is 21.6. The second kappa shape index (κ2) is 15.6. The fraction of sp³-hybridized carbons (Fsp3) is 0.784. The summed E-state index contributed by atoms with van der Waals surface area (Å²) in [6.45, 7) is 12.4. The van der Waals surface area contributed by atoms with Crippen LogP contribution in [0, 0.1) is 5.92 Å². The Hall–Kier alpha value is -2.16. The van der Waals surface area contributed by atoms with Gasteiger partial charge in [-0.05, 0) is 84.6 Å². The maximum Gasteiger partial charge on any atom is 0.410 e. The lowest BCUT2D eigenvalue weighted by atomic mass is 9.83. The Morgan fingerprint density at radius 3 is 2.33 bits per heavy atom. The number of piperazine rings is 1. The normalized spacial score (nSPS) is 32.5. The molecule has 8 nitrogen and oxygen atoms in total. The molecule has 0 radical (unpaired) electrons. The maximum atomic E-state index is 12.7. The highest BCUT2D eigenvalue weighted by molar-refractivity contribution is 5.87. The zero-order valence-electron chi connectivity index (χ0n) is 28.4. The number of epoxide rings is 1. The number of allylic oxidation sites excluding steroid dienone is 3. The molecule has 2 amide bonds. The van der Waals surface area contributed by atoms with Crippen LogP contribution in [0.2, 0.25) is 0 Å². The maximum absolute atomic E-state index is 12.7. The minimum Gasteiger partial charge on any atom is -0.442 e. The monoisotopic (exact) mass is 625 g/mol. The van der Waals surface area contributed by atoms with Crippen molar-refractivity contribution >= 4 is 12.0 Å². The topological polar surface area (TPSA) is 83.6 Å². The molecule has 2 saturated carbocycles. The minimum atomic E-state index is -0.442. The van der Waals surface area contributed by atoms with Crippen molar-refractivity contribution in [3.05, 3.63) is 36.0 Å². The van der Waals surface area contributed by atoms with Crippen molar-refractivity contribution < 1.29 is 23.8 Å². The number of carbonyl (C=O) groups is 2. The van der Waals surface area contributed by atoms with Crippen LogP contribution in [-0.2, 0) is 19.0 Å². The minimum absolute atomic E-state index is 0.0484. The van der Waals surface area contributed by atoms with Gasteiger partial charge in [0.1, 0.15) is 6.10 Å². The first-order valence-corrected chi connectivity index (χ1v) is 17.9. The Morgan fingerprint density at radius 2 is 1.67 bits per heavy atom. The average Bonchev–Trinajstić information content (AvgIpc) is 3.80. The van der Waals surface area contributed by atoms with Crippen molar-refractivity contribution in [2.75, 3.05) is 32.8 Å². The number of nitrogens with zero attached hydrogens (tertiary/aromatic N) is 2. The summed E-state index contributed by atoms with van der Waals surface area (Å²) < 4.78 is 17.7. The lowest BCUT2D eigenvalue weighted by Gasteiger charge is -2.38. The van der Waals surface area contributed by atoms with E-state index < -0.39 is 6.10 Å².